The molecule has 0 bridgehead atoms. The lowest BCUT2D eigenvalue weighted by molar-refractivity contribution is 0.475. The molecule has 1 aliphatic rings. The van der Waals surface area contributed by atoms with E-state index in [0.717, 1.165) is 30.5 Å². The maximum absolute atomic E-state index is 11.3. The second-order valence-electron chi connectivity index (χ2n) is 6.23. The van der Waals surface area contributed by atoms with E-state index in [0.29, 0.717) is 23.4 Å². The van der Waals surface area contributed by atoms with Gasteiger partial charge in [0.05, 0.1) is 6.26 Å². The number of aromatic nitrogens is 2. The van der Waals surface area contributed by atoms with Gasteiger partial charge in [0.1, 0.15) is 16.8 Å². The summed E-state index contributed by atoms with van der Waals surface area (Å²) in [6, 6.07) is 0. The minimum absolute atomic E-state index is 0.401. The molecule has 0 aliphatic heterocycles. The predicted molar refractivity (Wildman–Crippen MR) is 84.3 cm³/mol. The third-order valence-electron chi connectivity index (χ3n) is 3.21. The summed E-state index contributed by atoms with van der Waals surface area (Å²) in [6.45, 7) is 5.86. The molecule has 2 rings (SSSR count). The van der Waals surface area contributed by atoms with Crippen molar-refractivity contribution >= 4 is 27.4 Å². The Kier molecular flexibility index (Phi) is 4.46. The third-order valence-corrected chi connectivity index (χ3v) is 4.50. The Morgan fingerprint density at radius 1 is 1.33 bits per heavy atom. The SMILES string of the molecule is Cc1c(Cl)nc(C2CC2)nc1NCC(C)(C)NS(C)(=O)=O. The van der Waals surface area contributed by atoms with E-state index in [1.807, 2.05) is 6.92 Å². The van der Waals surface area contributed by atoms with Crippen LogP contribution in [0.2, 0.25) is 5.15 Å². The Morgan fingerprint density at radius 2 is 1.95 bits per heavy atom. The van der Waals surface area contributed by atoms with Gasteiger partial charge in [-0.25, -0.2) is 23.1 Å². The van der Waals surface area contributed by atoms with Gasteiger partial charge in [-0.3, -0.25) is 0 Å². The number of hydrogen-bond acceptors (Lipinski definition) is 5. The molecule has 1 aromatic heterocycles. The van der Waals surface area contributed by atoms with Gasteiger partial charge in [-0.2, -0.15) is 0 Å². The largest absolute Gasteiger partial charge is 0.368 e. The van der Waals surface area contributed by atoms with Gasteiger partial charge in [0.15, 0.2) is 0 Å². The molecular weight excluding hydrogens is 312 g/mol. The highest BCUT2D eigenvalue weighted by Crippen LogP contribution is 2.39. The lowest BCUT2D eigenvalue weighted by atomic mass is 10.1. The van der Waals surface area contributed by atoms with Crippen molar-refractivity contribution < 1.29 is 8.42 Å². The van der Waals surface area contributed by atoms with E-state index >= 15 is 0 Å². The number of anilines is 1. The Morgan fingerprint density at radius 3 is 2.48 bits per heavy atom. The molecule has 0 amide bonds. The molecule has 1 saturated carbocycles. The topological polar surface area (TPSA) is 84.0 Å². The molecule has 1 fully saturated rings. The van der Waals surface area contributed by atoms with E-state index in [9.17, 15) is 8.42 Å². The maximum atomic E-state index is 11.3. The van der Waals surface area contributed by atoms with Crippen LogP contribution in [-0.2, 0) is 10.0 Å². The summed E-state index contributed by atoms with van der Waals surface area (Å²) in [7, 11) is -3.26. The molecule has 0 radical (unpaired) electrons. The summed E-state index contributed by atoms with van der Waals surface area (Å²) in [5, 5.41) is 3.62. The fourth-order valence-corrected chi connectivity index (χ4v) is 3.30. The highest BCUT2D eigenvalue weighted by molar-refractivity contribution is 7.88. The number of hydrogen-bond donors (Lipinski definition) is 2. The van der Waals surface area contributed by atoms with Crippen LogP contribution in [0.4, 0.5) is 5.82 Å². The van der Waals surface area contributed by atoms with Crippen LogP contribution >= 0.6 is 11.6 Å². The summed E-state index contributed by atoms with van der Waals surface area (Å²) in [5.74, 6) is 1.84. The molecule has 0 atom stereocenters. The van der Waals surface area contributed by atoms with Crippen molar-refractivity contribution in [1.82, 2.24) is 14.7 Å². The molecule has 1 aliphatic carbocycles. The zero-order valence-electron chi connectivity index (χ0n) is 12.7. The molecule has 8 heteroatoms. The second-order valence-corrected chi connectivity index (χ2v) is 8.34. The normalized spacial score (nSPS) is 16.0. The first-order valence-electron chi connectivity index (χ1n) is 6.84. The fourth-order valence-electron chi connectivity index (χ4n) is 2.04. The van der Waals surface area contributed by atoms with Crippen molar-refractivity contribution in [1.29, 1.82) is 0 Å². The molecule has 118 valence electrons. The third kappa shape index (κ3) is 4.79. The van der Waals surface area contributed by atoms with Gasteiger partial charge in [-0.05, 0) is 33.6 Å². The van der Waals surface area contributed by atoms with Gasteiger partial charge in [0, 0.05) is 23.6 Å². The summed E-state index contributed by atoms with van der Waals surface area (Å²) >= 11 is 6.14. The zero-order valence-corrected chi connectivity index (χ0v) is 14.3. The van der Waals surface area contributed by atoms with Crippen molar-refractivity contribution in [3.63, 3.8) is 0 Å². The van der Waals surface area contributed by atoms with Crippen LogP contribution < -0.4 is 10.0 Å². The highest BCUT2D eigenvalue weighted by Gasteiger charge is 2.28. The minimum Gasteiger partial charge on any atom is -0.368 e. The van der Waals surface area contributed by atoms with Crippen molar-refractivity contribution in [2.24, 2.45) is 0 Å². The fraction of sp³-hybridized carbons (Fsp3) is 0.692. The van der Waals surface area contributed by atoms with Gasteiger partial charge in [0.2, 0.25) is 10.0 Å². The van der Waals surface area contributed by atoms with Gasteiger partial charge in [0.25, 0.3) is 0 Å². The van der Waals surface area contributed by atoms with Crippen molar-refractivity contribution in [3.8, 4) is 0 Å². The molecule has 1 aromatic rings. The molecular formula is C13H21ClN4O2S. The Bertz CT molecular complexity index is 642. The number of rotatable bonds is 6. The van der Waals surface area contributed by atoms with Crippen LogP contribution in [0.3, 0.4) is 0 Å². The Hall–Kier alpha value is -0.920. The van der Waals surface area contributed by atoms with Crippen LogP contribution in [0.1, 0.15) is 44.0 Å². The van der Waals surface area contributed by atoms with E-state index < -0.39 is 15.6 Å². The molecule has 1 heterocycles. The van der Waals surface area contributed by atoms with Crippen LogP contribution in [-0.4, -0.2) is 36.7 Å². The number of halogens is 1. The van der Waals surface area contributed by atoms with Gasteiger partial charge >= 0.3 is 0 Å². The first-order chi connectivity index (χ1) is 9.57. The summed E-state index contributed by atoms with van der Waals surface area (Å²) in [5.41, 5.74) is 0.146. The van der Waals surface area contributed by atoms with Crippen LogP contribution in [0.25, 0.3) is 0 Å². The molecule has 21 heavy (non-hydrogen) atoms. The van der Waals surface area contributed by atoms with Crippen LogP contribution in [0.5, 0.6) is 0 Å². The quantitative estimate of drug-likeness (QED) is 0.779. The predicted octanol–water partition coefficient (Wildman–Crippen LogP) is 2.06. The molecule has 6 nitrogen and oxygen atoms in total. The zero-order chi connectivity index (χ0) is 15.8. The van der Waals surface area contributed by atoms with Gasteiger partial charge in [-0.1, -0.05) is 11.6 Å². The van der Waals surface area contributed by atoms with Crippen molar-refractivity contribution in [2.75, 3.05) is 18.1 Å². The van der Waals surface area contributed by atoms with Crippen molar-refractivity contribution in [3.05, 3.63) is 16.5 Å². The summed E-state index contributed by atoms with van der Waals surface area (Å²) in [6.07, 6.45) is 3.34. The van der Waals surface area contributed by atoms with Crippen molar-refractivity contribution in [2.45, 2.75) is 45.1 Å². The van der Waals surface area contributed by atoms with Crippen LogP contribution in [0.15, 0.2) is 0 Å². The molecule has 2 N–H and O–H groups in total. The first-order valence-corrected chi connectivity index (χ1v) is 9.11. The highest BCUT2D eigenvalue weighted by atomic mass is 35.5. The lowest BCUT2D eigenvalue weighted by Gasteiger charge is -2.26. The second kappa shape index (κ2) is 5.70. The Labute approximate surface area is 130 Å². The number of nitrogens with one attached hydrogen (secondary N) is 2. The smallest absolute Gasteiger partial charge is 0.209 e. The molecule has 0 spiro atoms. The lowest BCUT2D eigenvalue weighted by Crippen LogP contribution is -2.47. The minimum atomic E-state index is -3.26. The van der Waals surface area contributed by atoms with Gasteiger partial charge in [-0.15, -0.1) is 0 Å². The van der Waals surface area contributed by atoms with Crippen LogP contribution in [0, 0.1) is 6.92 Å². The molecule has 0 saturated heterocycles. The summed E-state index contributed by atoms with van der Waals surface area (Å²) < 4.78 is 25.3. The summed E-state index contributed by atoms with van der Waals surface area (Å²) in [4.78, 5) is 8.81. The average molecular weight is 333 g/mol. The molecule has 0 unspecified atom stereocenters. The number of sulfonamides is 1. The van der Waals surface area contributed by atoms with E-state index in [1.54, 1.807) is 13.8 Å². The van der Waals surface area contributed by atoms with E-state index in [-0.39, 0.29) is 0 Å². The van der Waals surface area contributed by atoms with E-state index in [2.05, 4.69) is 20.0 Å². The number of nitrogens with zero attached hydrogens (tertiary/aromatic N) is 2. The first kappa shape index (κ1) is 16.5. The van der Waals surface area contributed by atoms with E-state index in [4.69, 9.17) is 11.6 Å². The average Bonchev–Trinajstić information content (AvgIpc) is 3.11. The van der Waals surface area contributed by atoms with Gasteiger partial charge < -0.3 is 5.32 Å². The monoisotopic (exact) mass is 332 g/mol. The Balaban J connectivity index is 2.12. The standard InChI is InChI=1S/C13H21ClN4O2S/c1-8-10(14)16-12(9-5-6-9)17-11(8)15-7-13(2,3)18-21(4,19)20/h9,18H,5-7H2,1-4H3,(H,15,16,17). The van der Waals surface area contributed by atoms with E-state index in [1.165, 1.54) is 0 Å². The molecule has 0 aromatic carbocycles. The maximum Gasteiger partial charge on any atom is 0.209 e.